The summed E-state index contributed by atoms with van der Waals surface area (Å²) in [5.41, 5.74) is 1.03. The van der Waals surface area contributed by atoms with E-state index < -0.39 is 0 Å². The number of hydrogen-bond donors (Lipinski definition) is 1. The standard InChI is InChI=1S/C15H30N2/c1-14(2)8-10-17(11-9-14)12-6-7-15(3,4)13(12)16-5/h12-13,16H,6-11H2,1-5H3. The first kappa shape index (κ1) is 13.4. The lowest BCUT2D eigenvalue weighted by Crippen LogP contribution is -2.53. The Labute approximate surface area is 107 Å². The molecule has 0 bridgehead atoms. The third-order valence-corrected chi connectivity index (χ3v) is 5.24. The molecule has 2 rings (SSSR count). The van der Waals surface area contributed by atoms with Gasteiger partial charge in [0.05, 0.1) is 0 Å². The molecule has 2 aliphatic rings. The molecule has 1 saturated heterocycles. The SMILES string of the molecule is CNC1C(N2CCC(C)(C)CC2)CCC1(C)C. The highest BCUT2D eigenvalue weighted by molar-refractivity contribution is 5.01. The average molecular weight is 238 g/mol. The predicted octanol–water partition coefficient (Wildman–Crippen LogP) is 2.89. The molecule has 1 heterocycles. The van der Waals surface area contributed by atoms with Crippen LogP contribution in [0.25, 0.3) is 0 Å². The monoisotopic (exact) mass is 238 g/mol. The second-order valence-electron chi connectivity index (χ2n) is 7.56. The van der Waals surface area contributed by atoms with E-state index in [2.05, 4.69) is 45.0 Å². The Bertz CT molecular complexity index is 260. The van der Waals surface area contributed by atoms with Crippen LogP contribution in [0.1, 0.15) is 53.4 Å². The zero-order valence-corrected chi connectivity index (χ0v) is 12.3. The van der Waals surface area contributed by atoms with Gasteiger partial charge in [-0.3, -0.25) is 4.90 Å². The minimum absolute atomic E-state index is 0.465. The van der Waals surface area contributed by atoms with Crippen molar-refractivity contribution < 1.29 is 0 Å². The van der Waals surface area contributed by atoms with Gasteiger partial charge in [-0.15, -0.1) is 0 Å². The van der Waals surface area contributed by atoms with Crippen LogP contribution in [-0.2, 0) is 0 Å². The number of likely N-dealkylation sites (tertiary alicyclic amines) is 1. The summed E-state index contributed by atoms with van der Waals surface area (Å²) in [5, 5.41) is 3.58. The lowest BCUT2D eigenvalue weighted by atomic mass is 9.81. The molecule has 0 aromatic rings. The highest BCUT2D eigenvalue weighted by atomic mass is 15.2. The molecule has 1 saturated carbocycles. The van der Waals surface area contributed by atoms with Crippen LogP contribution in [-0.4, -0.2) is 37.1 Å². The summed E-state index contributed by atoms with van der Waals surface area (Å²) in [4.78, 5) is 2.75. The Hall–Kier alpha value is -0.0800. The van der Waals surface area contributed by atoms with Gasteiger partial charge in [0.15, 0.2) is 0 Å². The molecule has 2 heteroatoms. The number of nitrogens with one attached hydrogen (secondary N) is 1. The number of nitrogens with zero attached hydrogens (tertiary/aromatic N) is 1. The fourth-order valence-electron chi connectivity index (χ4n) is 3.80. The van der Waals surface area contributed by atoms with Crippen LogP contribution in [0.3, 0.4) is 0 Å². The third kappa shape index (κ3) is 2.68. The molecule has 0 aromatic heterocycles. The summed E-state index contributed by atoms with van der Waals surface area (Å²) in [6.07, 6.45) is 5.46. The molecule has 17 heavy (non-hydrogen) atoms. The maximum atomic E-state index is 3.58. The number of likely N-dealkylation sites (N-methyl/N-ethyl adjacent to an activating group) is 1. The van der Waals surface area contributed by atoms with E-state index in [1.807, 2.05) is 0 Å². The highest BCUT2D eigenvalue weighted by Crippen LogP contribution is 2.41. The number of rotatable bonds is 2. The van der Waals surface area contributed by atoms with Crippen LogP contribution in [0.2, 0.25) is 0 Å². The van der Waals surface area contributed by atoms with E-state index in [1.54, 1.807) is 0 Å². The Kier molecular flexibility index (Phi) is 3.57. The van der Waals surface area contributed by atoms with Gasteiger partial charge in [-0.25, -0.2) is 0 Å². The van der Waals surface area contributed by atoms with Crippen LogP contribution >= 0.6 is 0 Å². The first-order valence-corrected chi connectivity index (χ1v) is 7.27. The molecule has 0 amide bonds. The van der Waals surface area contributed by atoms with Crippen molar-refractivity contribution in [3.8, 4) is 0 Å². The van der Waals surface area contributed by atoms with Gasteiger partial charge < -0.3 is 5.32 Å². The molecule has 2 fully saturated rings. The zero-order chi connectivity index (χ0) is 12.7. The second kappa shape index (κ2) is 4.55. The summed E-state index contributed by atoms with van der Waals surface area (Å²) in [6, 6.07) is 1.44. The van der Waals surface area contributed by atoms with Crippen molar-refractivity contribution in [3.63, 3.8) is 0 Å². The topological polar surface area (TPSA) is 15.3 Å². The molecular formula is C15H30N2. The molecule has 2 atom stereocenters. The minimum atomic E-state index is 0.465. The van der Waals surface area contributed by atoms with E-state index in [0.29, 0.717) is 16.9 Å². The fraction of sp³-hybridized carbons (Fsp3) is 1.00. The molecular weight excluding hydrogens is 208 g/mol. The van der Waals surface area contributed by atoms with Crippen LogP contribution in [0.5, 0.6) is 0 Å². The molecule has 0 aromatic carbocycles. The van der Waals surface area contributed by atoms with E-state index in [1.165, 1.54) is 38.8 Å². The highest BCUT2D eigenvalue weighted by Gasteiger charge is 2.44. The summed E-state index contributed by atoms with van der Waals surface area (Å²) >= 11 is 0. The molecule has 1 N–H and O–H groups in total. The van der Waals surface area contributed by atoms with Crippen LogP contribution in [0.15, 0.2) is 0 Å². The largest absolute Gasteiger partial charge is 0.315 e. The maximum absolute atomic E-state index is 3.58. The Morgan fingerprint density at radius 1 is 1.00 bits per heavy atom. The number of piperidine rings is 1. The maximum Gasteiger partial charge on any atom is 0.0271 e. The van der Waals surface area contributed by atoms with Crippen molar-refractivity contribution in [2.45, 2.75) is 65.5 Å². The summed E-state index contributed by atoms with van der Waals surface area (Å²) in [6.45, 7) is 12.3. The van der Waals surface area contributed by atoms with Gasteiger partial charge in [-0.05, 0) is 56.7 Å². The minimum Gasteiger partial charge on any atom is -0.315 e. The van der Waals surface area contributed by atoms with Crippen molar-refractivity contribution in [3.05, 3.63) is 0 Å². The van der Waals surface area contributed by atoms with E-state index in [-0.39, 0.29) is 0 Å². The van der Waals surface area contributed by atoms with Crippen LogP contribution < -0.4 is 5.32 Å². The Morgan fingerprint density at radius 3 is 2.12 bits per heavy atom. The molecule has 2 unspecified atom stereocenters. The quantitative estimate of drug-likeness (QED) is 0.796. The Morgan fingerprint density at radius 2 is 1.59 bits per heavy atom. The van der Waals surface area contributed by atoms with Crippen molar-refractivity contribution in [1.82, 2.24) is 10.2 Å². The lowest BCUT2D eigenvalue weighted by molar-refractivity contribution is 0.0755. The van der Waals surface area contributed by atoms with Gasteiger partial charge in [0, 0.05) is 12.1 Å². The summed E-state index contributed by atoms with van der Waals surface area (Å²) in [7, 11) is 2.14. The van der Waals surface area contributed by atoms with Crippen molar-refractivity contribution in [2.75, 3.05) is 20.1 Å². The zero-order valence-electron chi connectivity index (χ0n) is 12.3. The van der Waals surface area contributed by atoms with E-state index in [4.69, 9.17) is 0 Å². The first-order valence-electron chi connectivity index (χ1n) is 7.27. The van der Waals surface area contributed by atoms with Gasteiger partial charge >= 0.3 is 0 Å². The van der Waals surface area contributed by atoms with Crippen LogP contribution in [0.4, 0.5) is 0 Å². The van der Waals surface area contributed by atoms with E-state index >= 15 is 0 Å². The second-order valence-corrected chi connectivity index (χ2v) is 7.56. The molecule has 2 nitrogen and oxygen atoms in total. The molecule has 100 valence electrons. The van der Waals surface area contributed by atoms with Crippen molar-refractivity contribution in [1.29, 1.82) is 0 Å². The number of hydrogen-bond acceptors (Lipinski definition) is 2. The molecule has 0 radical (unpaired) electrons. The summed E-state index contributed by atoms with van der Waals surface area (Å²) in [5.74, 6) is 0. The van der Waals surface area contributed by atoms with Crippen molar-refractivity contribution in [2.24, 2.45) is 10.8 Å². The Balaban J connectivity index is 2.00. The van der Waals surface area contributed by atoms with Gasteiger partial charge in [-0.2, -0.15) is 0 Å². The van der Waals surface area contributed by atoms with Gasteiger partial charge in [0.1, 0.15) is 0 Å². The van der Waals surface area contributed by atoms with Crippen LogP contribution in [0, 0.1) is 10.8 Å². The molecule has 0 spiro atoms. The van der Waals surface area contributed by atoms with E-state index in [0.717, 1.165) is 6.04 Å². The van der Waals surface area contributed by atoms with Crippen molar-refractivity contribution >= 4 is 0 Å². The molecule has 1 aliphatic carbocycles. The predicted molar refractivity (Wildman–Crippen MR) is 74.2 cm³/mol. The lowest BCUT2D eigenvalue weighted by Gasteiger charge is -2.43. The van der Waals surface area contributed by atoms with Gasteiger partial charge in [0.25, 0.3) is 0 Å². The van der Waals surface area contributed by atoms with Gasteiger partial charge in [0.2, 0.25) is 0 Å². The average Bonchev–Trinajstić information content (AvgIpc) is 2.53. The smallest absolute Gasteiger partial charge is 0.0271 e. The first-order chi connectivity index (χ1) is 7.86. The molecule has 1 aliphatic heterocycles. The summed E-state index contributed by atoms with van der Waals surface area (Å²) < 4.78 is 0. The van der Waals surface area contributed by atoms with E-state index in [9.17, 15) is 0 Å². The third-order valence-electron chi connectivity index (χ3n) is 5.24. The fourth-order valence-corrected chi connectivity index (χ4v) is 3.80. The normalized spacial score (nSPS) is 37.2. The van der Waals surface area contributed by atoms with Gasteiger partial charge in [-0.1, -0.05) is 27.7 Å².